The standard InChI is InChI=1S/C13H12N2O3/c1-8-6-9(16)2-3-11(8)15-13(18)10-7-14-5-4-12(10)17/h2-7,16H,1H3,(H,14,17)(H,15,18). The van der Waals surface area contributed by atoms with Crippen LogP contribution in [0.25, 0.3) is 0 Å². The van der Waals surface area contributed by atoms with Crippen LogP contribution in [0.4, 0.5) is 5.69 Å². The number of carbonyl (C=O) groups is 1. The van der Waals surface area contributed by atoms with Crippen LogP contribution >= 0.6 is 0 Å². The van der Waals surface area contributed by atoms with Gasteiger partial charge in [-0.05, 0) is 30.7 Å². The van der Waals surface area contributed by atoms with Gasteiger partial charge in [0.1, 0.15) is 11.3 Å². The molecule has 1 amide bonds. The monoisotopic (exact) mass is 244 g/mol. The van der Waals surface area contributed by atoms with E-state index in [0.29, 0.717) is 5.69 Å². The third kappa shape index (κ3) is 2.40. The number of aryl methyl sites for hydroxylation is 1. The summed E-state index contributed by atoms with van der Waals surface area (Å²) >= 11 is 0. The van der Waals surface area contributed by atoms with Crippen molar-refractivity contribution in [1.82, 2.24) is 4.98 Å². The first-order valence-corrected chi connectivity index (χ1v) is 5.36. The third-order valence-corrected chi connectivity index (χ3v) is 2.53. The molecule has 0 saturated carbocycles. The molecule has 1 aromatic heterocycles. The number of aromatic nitrogens is 1. The van der Waals surface area contributed by atoms with Crippen molar-refractivity contribution in [2.24, 2.45) is 0 Å². The smallest absolute Gasteiger partial charge is 0.261 e. The molecule has 0 unspecified atom stereocenters. The molecule has 0 aliphatic carbocycles. The van der Waals surface area contributed by atoms with Gasteiger partial charge in [0, 0.05) is 24.1 Å². The van der Waals surface area contributed by atoms with Crippen molar-refractivity contribution >= 4 is 11.6 Å². The number of aromatic hydroxyl groups is 1. The second kappa shape index (κ2) is 4.75. The molecule has 5 heteroatoms. The molecule has 0 spiro atoms. The topological polar surface area (TPSA) is 82.2 Å². The number of amides is 1. The summed E-state index contributed by atoms with van der Waals surface area (Å²) < 4.78 is 0. The summed E-state index contributed by atoms with van der Waals surface area (Å²) in [6.45, 7) is 1.75. The van der Waals surface area contributed by atoms with Crippen molar-refractivity contribution in [3.05, 3.63) is 58.0 Å². The number of hydrogen-bond donors (Lipinski definition) is 3. The summed E-state index contributed by atoms with van der Waals surface area (Å²) in [7, 11) is 0. The van der Waals surface area contributed by atoms with Crippen molar-refractivity contribution in [2.75, 3.05) is 5.32 Å². The number of anilines is 1. The zero-order chi connectivity index (χ0) is 13.1. The van der Waals surface area contributed by atoms with Gasteiger partial charge in [-0.1, -0.05) is 0 Å². The van der Waals surface area contributed by atoms with Crippen LogP contribution < -0.4 is 10.7 Å². The molecule has 3 N–H and O–H groups in total. The van der Waals surface area contributed by atoms with Crippen molar-refractivity contribution in [1.29, 1.82) is 0 Å². The molecule has 0 atom stereocenters. The largest absolute Gasteiger partial charge is 0.508 e. The molecule has 0 saturated heterocycles. The van der Waals surface area contributed by atoms with E-state index >= 15 is 0 Å². The highest BCUT2D eigenvalue weighted by atomic mass is 16.3. The number of phenolic OH excluding ortho intramolecular Hbond substituents is 1. The summed E-state index contributed by atoms with van der Waals surface area (Å²) in [5.74, 6) is -0.353. The number of pyridine rings is 1. The number of rotatable bonds is 2. The average molecular weight is 244 g/mol. The Morgan fingerprint density at radius 2 is 2.11 bits per heavy atom. The van der Waals surface area contributed by atoms with Gasteiger partial charge in [0.15, 0.2) is 5.43 Å². The minimum atomic E-state index is -0.481. The number of benzene rings is 1. The van der Waals surface area contributed by atoms with Gasteiger partial charge < -0.3 is 15.4 Å². The molecule has 2 rings (SSSR count). The first-order chi connectivity index (χ1) is 8.58. The molecule has 18 heavy (non-hydrogen) atoms. The number of carbonyl (C=O) groups excluding carboxylic acids is 1. The van der Waals surface area contributed by atoms with Crippen LogP contribution in [0.2, 0.25) is 0 Å². The highest BCUT2D eigenvalue weighted by molar-refractivity contribution is 6.04. The molecule has 2 aromatic rings. The SMILES string of the molecule is Cc1cc(O)ccc1NC(=O)c1c[nH]ccc1=O. The lowest BCUT2D eigenvalue weighted by Gasteiger charge is -2.08. The van der Waals surface area contributed by atoms with Crippen LogP contribution in [0.3, 0.4) is 0 Å². The zero-order valence-electron chi connectivity index (χ0n) is 9.73. The van der Waals surface area contributed by atoms with Gasteiger partial charge in [0.2, 0.25) is 0 Å². The molecule has 0 aliphatic rings. The Hall–Kier alpha value is -2.56. The zero-order valence-corrected chi connectivity index (χ0v) is 9.73. The van der Waals surface area contributed by atoms with Crippen LogP contribution in [-0.2, 0) is 0 Å². The fourth-order valence-corrected chi connectivity index (χ4v) is 1.57. The molecule has 5 nitrogen and oxygen atoms in total. The first kappa shape index (κ1) is 11.9. The average Bonchev–Trinajstić information content (AvgIpc) is 2.33. The van der Waals surface area contributed by atoms with Gasteiger partial charge in [-0.3, -0.25) is 9.59 Å². The molecular weight excluding hydrogens is 232 g/mol. The second-order valence-electron chi connectivity index (χ2n) is 3.88. The van der Waals surface area contributed by atoms with E-state index in [1.165, 1.54) is 30.6 Å². The lowest BCUT2D eigenvalue weighted by molar-refractivity contribution is 0.102. The predicted molar refractivity (Wildman–Crippen MR) is 67.9 cm³/mol. The van der Waals surface area contributed by atoms with E-state index in [2.05, 4.69) is 10.3 Å². The lowest BCUT2D eigenvalue weighted by atomic mass is 10.1. The molecule has 0 fully saturated rings. The Morgan fingerprint density at radius 3 is 2.78 bits per heavy atom. The Labute approximate surface area is 103 Å². The van der Waals surface area contributed by atoms with E-state index in [1.807, 2.05) is 0 Å². The molecule has 1 aromatic carbocycles. The molecular formula is C13H12N2O3. The summed E-state index contributed by atoms with van der Waals surface area (Å²) in [5, 5.41) is 11.9. The maximum absolute atomic E-state index is 11.9. The predicted octanol–water partition coefficient (Wildman–Crippen LogP) is 1.64. The van der Waals surface area contributed by atoms with Crippen molar-refractivity contribution < 1.29 is 9.90 Å². The minimum absolute atomic E-state index is 0.0463. The number of aromatic amines is 1. The van der Waals surface area contributed by atoms with Crippen LogP contribution in [0.5, 0.6) is 5.75 Å². The number of nitrogens with one attached hydrogen (secondary N) is 2. The second-order valence-corrected chi connectivity index (χ2v) is 3.88. The van der Waals surface area contributed by atoms with Gasteiger partial charge in [-0.25, -0.2) is 0 Å². The minimum Gasteiger partial charge on any atom is -0.508 e. The van der Waals surface area contributed by atoms with Gasteiger partial charge >= 0.3 is 0 Å². The third-order valence-electron chi connectivity index (χ3n) is 2.53. The summed E-state index contributed by atoms with van der Waals surface area (Å²) in [5.41, 5.74) is 0.976. The van der Waals surface area contributed by atoms with Gasteiger partial charge in [-0.2, -0.15) is 0 Å². The molecule has 0 radical (unpaired) electrons. The highest BCUT2D eigenvalue weighted by Crippen LogP contribution is 2.20. The Kier molecular flexibility index (Phi) is 3.14. The normalized spacial score (nSPS) is 10.1. The van der Waals surface area contributed by atoms with Crippen LogP contribution in [0.15, 0.2) is 41.5 Å². The van der Waals surface area contributed by atoms with E-state index in [4.69, 9.17) is 0 Å². The quantitative estimate of drug-likeness (QED) is 0.702. The van der Waals surface area contributed by atoms with Gasteiger partial charge in [0.25, 0.3) is 5.91 Å². The summed E-state index contributed by atoms with van der Waals surface area (Å²) in [6.07, 6.45) is 2.82. The number of phenols is 1. The maximum Gasteiger partial charge on any atom is 0.261 e. The highest BCUT2D eigenvalue weighted by Gasteiger charge is 2.10. The molecule has 0 aliphatic heterocycles. The Morgan fingerprint density at radius 1 is 1.33 bits per heavy atom. The van der Waals surface area contributed by atoms with E-state index in [1.54, 1.807) is 13.0 Å². The van der Waals surface area contributed by atoms with Crippen molar-refractivity contribution in [2.45, 2.75) is 6.92 Å². The maximum atomic E-state index is 11.9. The van der Waals surface area contributed by atoms with E-state index in [0.717, 1.165) is 5.56 Å². The van der Waals surface area contributed by atoms with E-state index in [9.17, 15) is 14.7 Å². The van der Waals surface area contributed by atoms with E-state index < -0.39 is 5.91 Å². The fourth-order valence-electron chi connectivity index (χ4n) is 1.57. The fraction of sp³-hybridized carbons (Fsp3) is 0.0769. The summed E-state index contributed by atoms with van der Waals surface area (Å²) in [6, 6.07) is 5.88. The van der Waals surface area contributed by atoms with E-state index in [-0.39, 0.29) is 16.7 Å². The van der Waals surface area contributed by atoms with Crippen molar-refractivity contribution in [3.63, 3.8) is 0 Å². The van der Waals surface area contributed by atoms with Crippen LogP contribution in [-0.4, -0.2) is 16.0 Å². The molecule has 1 heterocycles. The van der Waals surface area contributed by atoms with Crippen LogP contribution in [0, 0.1) is 6.92 Å². The van der Waals surface area contributed by atoms with Gasteiger partial charge in [-0.15, -0.1) is 0 Å². The Bertz CT molecular complexity index is 647. The molecule has 0 bridgehead atoms. The number of H-pyrrole nitrogens is 1. The van der Waals surface area contributed by atoms with Crippen molar-refractivity contribution in [3.8, 4) is 5.75 Å². The first-order valence-electron chi connectivity index (χ1n) is 5.36. The molecule has 92 valence electrons. The number of hydrogen-bond acceptors (Lipinski definition) is 3. The Balaban J connectivity index is 2.27. The summed E-state index contributed by atoms with van der Waals surface area (Å²) in [4.78, 5) is 26.0. The lowest BCUT2D eigenvalue weighted by Crippen LogP contribution is -2.21. The van der Waals surface area contributed by atoms with Gasteiger partial charge in [0.05, 0.1) is 0 Å². The van der Waals surface area contributed by atoms with Crippen LogP contribution in [0.1, 0.15) is 15.9 Å².